The Kier molecular flexibility index (Phi) is 4.61. The molecule has 5 heteroatoms. The third kappa shape index (κ3) is 3.15. The van der Waals surface area contributed by atoms with E-state index in [1.165, 1.54) is 0 Å². The van der Waals surface area contributed by atoms with Crippen LogP contribution in [0.1, 0.15) is 17.4 Å². The topological polar surface area (TPSA) is 56.2 Å². The largest absolute Gasteiger partial charge is 0.496 e. The van der Waals surface area contributed by atoms with Crippen LogP contribution in [0.4, 0.5) is 5.69 Å². The average Bonchev–Trinajstić information content (AvgIpc) is 3.07. The van der Waals surface area contributed by atoms with Crippen LogP contribution in [-0.4, -0.2) is 22.8 Å². The van der Waals surface area contributed by atoms with Crippen molar-refractivity contribution < 1.29 is 9.53 Å². The van der Waals surface area contributed by atoms with Crippen LogP contribution in [0, 0.1) is 0 Å². The molecule has 0 fully saturated rings. The molecule has 0 saturated carbocycles. The van der Waals surface area contributed by atoms with Crippen molar-refractivity contribution in [2.45, 2.75) is 13.5 Å². The van der Waals surface area contributed by atoms with E-state index in [9.17, 15) is 4.79 Å². The molecule has 122 valence electrons. The smallest absolute Gasteiger partial charge is 0.276 e. The highest BCUT2D eigenvalue weighted by atomic mass is 16.5. The highest BCUT2D eigenvalue weighted by molar-refractivity contribution is 6.03. The zero-order valence-electron chi connectivity index (χ0n) is 13.7. The number of hydrogen-bond acceptors (Lipinski definition) is 3. The second kappa shape index (κ2) is 7.00. The summed E-state index contributed by atoms with van der Waals surface area (Å²) >= 11 is 0. The van der Waals surface area contributed by atoms with Crippen molar-refractivity contribution in [3.05, 3.63) is 66.4 Å². The van der Waals surface area contributed by atoms with Crippen LogP contribution in [0.2, 0.25) is 0 Å². The Morgan fingerprint density at radius 2 is 1.83 bits per heavy atom. The second-order valence-corrected chi connectivity index (χ2v) is 5.25. The highest BCUT2D eigenvalue weighted by Crippen LogP contribution is 2.30. The van der Waals surface area contributed by atoms with Crippen LogP contribution >= 0.6 is 0 Å². The quantitative estimate of drug-likeness (QED) is 0.777. The number of nitrogens with zero attached hydrogens (tertiary/aromatic N) is 2. The molecule has 0 aliphatic carbocycles. The zero-order chi connectivity index (χ0) is 16.9. The molecule has 5 nitrogen and oxygen atoms in total. The van der Waals surface area contributed by atoms with Gasteiger partial charge in [0.15, 0.2) is 5.69 Å². The summed E-state index contributed by atoms with van der Waals surface area (Å²) in [6.45, 7) is 2.65. The molecule has 0 saturated heterocycles. The maximum atomic E-state index is 12.5. The Bertz CT molecular complexity index is 841. The first-order chi connectivity index (χ1) is 11.7. The third-order valence-electron chi connectivity index (χ3n) is 3.73. The van der Waals surface area contributed by atoms with E-state index in [1.54, 1.807) is 17.9 Å². The van der Waals surface area contributed by atoms with Gasteiger partial charge in [-0.05, 0) is 37.3 Å². The van der Waals surface area contributed by atoms with E-state index in [0.717, 1.165) is 22.7 Å². The van der Waals surface area contributed by atoms with Gasteiger partial charge in [-0.3, -0.25) is 9.48 Å². The van der Waals surface area contributed by atoms with Crippen molar-refractivity contribution >= 4 is 11.6 Å². The van der Waals surface area contributed by atoms with E-state index in [2.05, 4.69) is 10.4 Å². The summed E-state index contributed by atoms with van der Waals surface area (Å²) in [5, 5.41) is 7.28. The predicted molar refractivity (Wildman–Crippen MR) is 94.3 cm³/mol. The van der Waals surface area contributed by atoms with E-state index in [0.29, 0.717) is 12.2 Å². The number of amides is 1. The van der Waals surface area contributed by atoms with Gasteiger partial charge in [0.1, 0.15) is 5.75 Å². The molecule has 3 aromatic rings. The SMILES string of the molecule is CCn1nc(C(=O)Nc2ccccc2)cc1-c1ccccc1OC. The third-order valence-corrected chi connectivity index (χ3v) is 3.73. The first-order valence-corrected chi connectivity index (χ1v) is 7.80. The van der Waals surface area contributed by atoms with Crippen LogP contribution in [0.25, 0.3) is 11.3 Å². The maximum Gasteiger partial charge on any atom is 0.276 e. The van der Waals surface area contributed by atoms with Crippen molar-refractivity contribution in [3.63, 3.8) is 0 Å². The van der Waals surface area contributed by atoms with Gasteiger partial charge in [0, 0.05) is 17.8 Å². The molecular formula is C19H19N3O2. The van der Waals surface area contributed by atoms with Gasteiger partial charge in [0.05, 0.1) is 12.8 Å². The number of rotatable bonds is 5. The van der Waals surface area contributed by atoms with Crippen LogP contribution in [0.15, 0.2) is 60.7 Å². The van der Waals surface area contributed by atoms with Gasteiger partial charge in [-0.2, -0.15) is 5.10 Å². The number of ether oxygens (including phenoxy) is 1. The van der Waals surface area contributed by atoms with Crippen LogP contribution < -0.4 is 10.1 Å². The molecule has 1 heterocycles. The molecule has 0 radical (unpaired) electrons. The average molecular weight is 321 g/mol. The van der Waals surface area contributed by atoms with Gasteiger partial charge in [-0.1, -0.05) is 30.3 Å². The standard InChI is InChI=1S/C19H19N3O2/c1-3-22-17(15-11-7-8-12-18(15)24-2)13-16(21-22)19(23)20-14-9-5-4-6-10-14/h4-13H,3H2,1-2H3,(H,20,23). The second-order valence-electron chi connectivity index (χ2n) is 5.25. The highest BCUT2D eigenvalue weighted by Gasteiger charge is 2.17. The Labute approximate surface area is 140 Å². The lowest BCUT2D eigenvalue weighted by atomic mass is 10.1. The number of aromatic nitrogens is 2. The number of hydrogen-bond donors (Lipinski definition) is 1. The van der Waals surface area contributed by atoms with Crippen molar-refractivity contribution in [1.29, 1.82) is 0 Å². The lowest BCUT2D eigenvalue weighted by Crippen LogP contribution is -2.13. The Hall–Kier alpha value is -3.08. The summed E-state index contributed by atoms with van der Waals surface area (Å²) in [4.78, 5) is 12.5. The molecule has 1 N–H and O–H groups in total. The van der Waals surface area contributed by atoms with Crippen molar-refractivity contribution in [2.75, 3.05) is 12.4 Å². The first kappa shape index (κ1) is 15.8. The fraction of sp³-hybridized carbons (Fsp3) is 0.158. The first-order valence-electron chi connectivity index (χ1n) is 7.80. The van der Waals surface area contributed by atoms with E-state index < -0.39 is 0 Å². The molecule has 3 rings (SSSR count). The van der Waals surface area contributed by atoms with Gasteiger partial charge >= 0.3 is 0 Å². The minimum absolute atomic E-state index is 0.232. The molecule has 1 amide bonds. The van der Waals surface area contributed by atoms with Gasteiger partial charge in [-0.25, -0.2) is 0 Å². The van der Waals surface area contributed by atoms with Crippen LogP contribution in [0.3, 0.4) is 0 Å². The normalized spacial score (nSPS) is 10.4. The molecule has 0 aliphatic rings. The monoisotopic (exact) mass is 321 g/mol. The number of methoxy groups -OCH3 is 1. The van der Waals surface area contributed by atoms with Gasteiger partial charge in [0.2, 0.25) is 0 Å². The lowest BCUT2D eigenvalue weighted by molar-refractivity contribution is 0.102. The number of benzene rings is 2. The number of nitrogens with one attached hydrogen (secondary N) is 1. The molecular weight excluding hydrogens is 302 g/mol. The molecule has 2 aromatic carbocycles. The number of aryl methyl sites for hydroxylation is 1. The fourth-order valence-electron chi connectivity index (χ4n) is 2.56. The van der Waals surface area contributed by atoms with Gasteiger partial charge in [0.25, 0.3) is 5.91 Å². The van der Waals surface area contributed by atoms with Crippen LogP contribution in [0.5, 0.6) is 5.75 Å². The molecule has 0 atom stereocenters. The Morgan fingerprint density at radius 1 is 1.12 bits per heavy atom. The summed E-state index contributed by atoms with van der Waals surface area (Å²) in [6.07, 6.45) is 0. The van der Waals surface area contributed by atoms with E-state index in [1.807, 2.05) is 61.5 Å². The van der Waals surface area contributed by atoms with Gasteiger partial charge < -0.3 is 10.1 Å². The molecule has 0 bridgehead atoms. The van der Waals surface area contributed by atoms with Crippen molar-refractivity contribution in [1.82, 2.24) is 9.78 Å². The molecule has 24 heavy (non-hydrogen) atoms. The number of anilines is 1. The van der Waals surface area contributed by atoms with E-state index >= 15 is 0 Å². The number of para-hydroxylation sites is 2. The summed E-state index contributed by atoms with van der Waals surface area (Å²) in [7, 11) is 1.63. The van der Waals surface area contributed by atoms with E-state index in [4.69, 9.17) is 4.74 Å². The number of carbonyl (C=O) groups is 1. The van der Waals surface area contributed by atoms with E-state index in [-0.39, 0.29) is 5.91 Å². The summed E-state index contributed by atoms with van der Waals surface area (Å²) in [5.74, 6) is 0.520. The molecule has 0 unspecified atom stereocenters. The molecule has 0 aliphatic heterocycles. The summed E-state index contributed by atoms with van der Waals surface area (Å²) in [5.41, 5.74) is 2.88. The van der Waals surface area contributed by atoms with Crippen molar-refractivity contribution in [3.8, 4) is 17.0 Å². The van der Waals surface area contributed by atoms with Crippen LogP contribution in [-0.2, 0) is 6.54 Å². The molecule has 1 aromatic heterocycles. The Morgan fingerprint density at radius 3 is 2.54 bits per heavy atom. The van der Waals surface area contributed by atoms with Gasteiger partial charge in [-0.15, -0.1) is 0 Å². The minimum atomic E-state index is -0.232. The molecule has 0 spiro atoms. The Balaban J connectivity index is 1.94. The number of carbonyl (C=O) groups excluding carboxylic acids is 1. The van der Waals surface area contributed by atoms with Crippen molar-refractivity contribution in [2.24, 2.45) is 0 Å². The summed E-state index contributed by atoms with van der Waals surface area (Å²) in [6, 6.07) is 18.8. The zero-order valence-corrected chi connectivity index (χ0v) is 13.7. The lowest BCUT2D eigenvalue weighted by Gasteiger charge is -2.09. The maximum absolute atomic E-state index is 12.5. The fourth-order valence-corrected chi connectivity index (χ4v) is 2.56. The minimum Gasteiger partial charge on any atom is -0.496 e. The predicted octanol–water partition coefficient (Wildman–Crippen LogP) is 3.83. The summed E-state index contributed by atoms with van der Waals surface area (Å²) < 4.78 is 7.23.